The average Bonchev–Trinajstić information content (AvgIpc) is 3.25. The van der Waals surface area contributed by atoms with E-state index >= 15 is 0 Å². The number of H-pyrrole nitrogens is 1. The minimum Gasteiger partial charge on any atom is -0.376 e. The van der Waals surface area contributed by atoms with Crippen molar-refractivity contribution in [1.82, 2.24) is 14.9 Å². The molecule has 1 aliphatic rings. The van der Waals surface area contributed by atoms with Gasteiger partial charge < -0.3 is 14.6 Å². The monoisotopic (exact) mass is 467 g/mol. The zero-order valence-electron chi connectivity index (χ0n) is 16.4. The van der Waals surface area contributed by atoms with Crippen molar-refractivity contribution in [3.8, 4) is 0 Å². The lowest BCUT2D eigenvalue weighted by atomic mass is 10.2. The molecule has 0 saturated carbocycles. The van der Waals surface area contributed by atoms with Crippen LogP contribution in [0.2, 0.25) is 0 Å². The Morgan fingerprint density at radius 1 is 1.27 bits per heavy atom. The molecule has 0 aliphatic carbocycles. The van der Waals surface area contributed by atoms with Gasteiger partial charge in [-0.2, -0.15) is 0 Å². The van der Waals surface area contributed by atoms with Crippen LogP contribution in [0.4, 0.5) is 0 Å². The second-order valence-corrected chi connectivity index (χ2v) is 8.19. The molecule has 1 aliphatic heterocycles. The topological polar surface area (TPSA) is 75.3 Å². The van der Waals surface area contributed by atoms with Gasteiger partial charge in [0.05, 0.1) is 23.6 Å². The summed E-state index contributed by atoms with van der Waals surface area (Å²) in [5, 5.41) is 0.535. The zero-order valence-corrected chi connectivity index (χ0v) is 18.0. The molecule has 1 amide bonds. The SMILES string of the molecule is O=C(/C=C/c1cccc(Br)c1)N(Cc1nc2ccccc2c(=O)[nH]1)CC1CCCO1. The highest BCUT2D eigenvalue weighted by molar-refractivity contribution is 9.10. The van der Waals surface area contributed by atoms with E-state index in [1.165, 1.54) is 0 Å². The van der Waals surface area contributed by atoms with Crippen LogP contribution in [-0.2, 0) is 16.1 Å². The highest BCUT2D eigenvalue weighted by Gasteiger charge is 2.22. The smallest absolute Gasteiger partial charge is 0.258 e. The summed E-state index contributed by atoms with van der Waals surface area (Å²) < 4.78 is 6.68. The molecule has 30 heavy (non-hydrogen) atoms. The number of aromatic amines is 1. The number of aromatic nitrogens is 2. The molecule has 3 aromatic rings. The molecular weight excluding hydrogens is 446 g/mol. The Bertz CT molecular complexity index is 1140. The maximum Gasteiger partial charge on any atom is 0.258 e. The fraction of sp³-hybridized carbons (Fsp3) is 0.261. The predicted molar refractivity (Wildman–Crippen MR) is 120 cm³/mol. The summed E-state index contributed by atoms with van der Waals surface area (Å²) in [6.45, 7) is 1.38. The molecule has 1 aromatic heterocycles. The minimum atomic E-state index is -0.204. The van der Waals surface area contributed by atoms with Gasteiger partial charge in [-0.1, -0.05) is 40.2 Å². The van der Waals surface area contributed by atoms with Crippen LogP contribution in [0, 0.1) is 0 Å². The average molecular weight is 468 g/mol. The van der Waals surface area contributed by atoms with Crippen molar-refractivity contribution < 1.29 is 9.53 Å². The van der Waals surface area contributed by atoms with E-state index in [1.807, 2.05) is 30.3 Å². The molecule has 1 atom stereocenters. The third-order valence-corrected chi connectivity index (χ3v) is 5.52. The molecular formula is C23H22BrN3O3. The van der Waals surface area contributed by atoms with E-state index in [0.29, 0.717) is 29.9 Å². The summed E-state index contributed by atoms with van der Waals surface area (Å²) in [5.74, 6) is 0.308. The molecule has 7 heteroatoms. The van der Waals surface area contributed by atoms with Crippen molar-refractivity contribution in [2.45, 2.75) is 25.5 Å². The second-order valence-electron chi connectivity index (χ2n) is 7.27. The van der Waals surface area contributed by atoms with E-state index in [2.05, 4.69) is 25.9 Å². The van der Waals surface area contributed by atoms with Crippen molar-refractivity contribution in [3.63, 3.8) is 0 Å². The van der Waals surface area contributed by atoms with E-state index in [1.54, 1.807) is 35.3 Å². The first-order valence-corrected chi connectivity index (χ1v) is 10.7. The Balaban J connectivity index is 1.57. The van der Waals surface area contributed by atoms with Crippen molar-refractivity contribution in [3.05, 3.63) is 80.8 Å². The van der Waals surface area contributed by atoms with Crippen LogP contribution in [0.5, 0.6) is 0 Å². The molecule has 1 saturated heterocycles. The predicted octanol–water partition coefficient (Wildman–Crippen LogP) is 3.91. The number of benzene rings is 2. The first kappa shape index (κ1) is 20.5. The van der Waals surface area contributed by atoms with Crippen LogP contribution in [0.25, 0.3) is 17.0 Å². The van der Waals surface area contributed by atoms with E-state index in [-0.39, 0.29) is 24.1 Å². The van der Waals surface area contributed by atoms with E-state index in [0.717, 1.165) is 22.9 Å². The van der Waals surface area contributed by atoms with E-state index in [4.69, 9.17) is 4.74 Å². The summed E-state index contributed by atoms with van der Waals surface area (Å²) in [6, 6.07) is 14.9. The lowest BCUT2D eigenvalue weighted by molar-refractivity contribution is -0.128. The molecule has 0 bridgehead atoms. The van der Waals surface area contributed by atoms with Gasteiger partial charge in [0, 0.05) is 23.7 Å². The number of nitrogens with zero attached hydrogens (tertiary/aromatic N) is 2. The fourth-order valence-electron chi connectivity index (χ4n) is 3.54. The number of fused-ring (bicyclic) bond motifs is 1. The van der Waals surface area contributed by atoms with E-state index < -0.39 is 0 Å². The first-order valence-electron chi connectivity index (χ1n) is 9.90. The molecule has 1 fully saturated rings. The summed E-state index contributed by atoms with van der Waals surface area (Å²) in [7, 11) is 0. The molecule has 6 nitrogen and oxygen atoms in total. The quantitative estimate of drug-likeness (QED) is 0.557. The lowest BCUT2D eigenvalue weighted by Gasteiger charge is -2.24. The minimum absolute atomic E-state index is 0.000369. The Morgan fingerprint density at radius 3 is 2.93 bits per heavy atom. The number of ether oxygens (including phenoxy) is 1. The van der Waals surface area contributed by atoms with Crippen LogP contribution in [0.15, 0.2) is 63.9 Å². The molecule has 0 spiro atoms. The third kappa shape index (κ3) is 5.04. The van der Waals surface area contributed by atoms with Crippen LogP contribution in [-0.4, -0.2) is 40.0 Å². The van der Waals surface area contributed by atoms with Gasteiger partial charge in [0.1, 0.15) is 5.82 Å². The molecule has 0 radical (unpaired) electrons. The largest absolute Gasteiger partial charge is 0.376 e. The Kier molecular flexibility index (Phi) is 6.40. The van der Waals surface area contributed by atoms with Gasteiger partial charge in [0.15, 0.2) is 0 Å². The van der Waals surface area contributed by atoms with Crippen LogP contribution in [0.1, 0.15) is 24.2 Å². The highest BCUT2D eigenvalue weighted by atomic mass is 79.9. The Hall–Kier alpha value is -2.77. The third-order valence-electron chi connectivity index (χ3n) is 5.03. The van der Waals surface area contributed by atoms with E-state index in [9.17, 15) is 9.59 Å². The van der Waals surface area contributed by atoms with Crippen LogP contribution in [0.3, 0.4) is 0 Å². The number of para-hydroxylation sites is 1. The van der Waals surface area contributed by atoms with Crippen molar-refractivity contribution in [2.24, 2.45) is 0 Å². The molecule has 2 heterocycles. The fourth-order valence-corrected chi connectivity index (χ4v) is 3.96. The van der Waals surface area contributed by atoms with Crippen molar-refractivity contribution in [1.29, 1.82) is 0 Å². The molecule has 154 valence electrons. The maximum absolute atomic E-state index is 13.0. The van der Waals surface area contributed by atoms with Crippen LogP contribution >= 0.6 is 15.9 Å². The standard InChI is InChI=1S/C23H22BrN3O3/c24-17-6-3-5-16(13-17)10-11-22(28)27(14-18-7-4-12-30-18)15-21-25-20-9-2-1-8-19(20)23(29)26-21/h1-3,5-6,8-11,13,18H,4,7,12,14-15H2,(H,25,26,29)/b11-10+. The molecule has 4 rings (SSSR count). The van der Waals surface area contributed by atoms with Gasteiger partial charge in [-0.15, -0.1) is 0 Å². The number of carbonyl (C=O) groups is 1. The molecule has 2 aromatic carbocycles. The summed E-state index contributed by atoms with van der Waals surface area (Å²) in [6.07, 6.45) is 5.24. The zero-order chi connectivity index (χ0) is 20.9. The van der Waals surface area contributed by atoms with Gasteiger partial charge >= 0.3 is 0 Å². The van der Waals surface area contributed by atoms with Crippen molar-refractivity contribution in [2.75, 3.05) is 13.2 Å². The van der Waals surface area contributed by atoms with Gasteiger partial charge in [-0.25, -0.2) is 4.98 Å². The number of carbonyl (C=O) groups excluding carboxylic acids is 1. The number of rotatable bonds is 6. The first-order chi connectivity index (χ1) is 14.6. The van der Waals surface area contributed by atoms with Gasteiger partial charge in [0.2, 0.25) is 5.91 Å². The summed E-state index contributed by atoms with van der Waals surface area (Å²) in [4.78, 5) is 34.4. The number of hydrogen-bond acceptors (Lipinski definition) is 4. The number of halogens is 1. The van der Waals surface area contributed by atoms with Crippen molar-refractivity contribution >= 4 is 38.8 Å². The normalized spacial score (nSPS) is 16.4. The maximum atomic E-state index is 13.0. The highest BCUT2D eigenvalue weighted by Crippen LogP contribution is 2.16. The Morgan fingerprint density at radius 2 is 2.13 bits per heavy atom. The molecule has 1 N–H and O–H groups in total. The van der Waals surface area contributed by atoms with Gasteiger partial charge in [-0.3, -0.25) is 9.59 Å². The van der Waals surface area contributed by atoms with Crippen LogP contribution < -0.4 is 5.56 Å². The number of amides is 1. The Labute approximate surface area is 182 Å². The van der Waals surface area contributed by atoms with Gasteiger partial charge in [0.25, 0.3) is 5.56 Å². The summed E-state index contributed by atoms with van der Waals surface area (Å²) >= 11 is 3.44. The lowest BCUT2D eigenvalue weighted by Crippen LogP contribution is -2.36. The van der Waals surface area contributed by atoms with Gasteiger partial charge in [-0.05, 0) is 48.7 Å². The number of nitrogens with one attached hydrogen (secondary N) is 1. The second kappa shape index (κ2) is 9.36. The number of hydrogen-bond donors (Lipinski definition) is 1. The summed E-state index contributed by atoms with van der Waals surface area (Å²) in [5.41, 5.74) is 1.34. The molecule has 1 unspecified atom stereocenters.